The average molecular weight is 446 g/mol. The van der Waals surface area contributed by atoms with Crippen molar-refractivity contribution in [2.45, 2.75) is 26.1 Å². The van der Waals surface area contributed by atoms with Crippen LogP contribution in [0.3, 0.4) is 0 Å². The number of carbonyl (C=O) groups is 3. The van der Waals surface area contributed by atoms with Crippen LogP contribution in [0.2, 0.25) is 5.02 Å². The van der Waals surface area contributed by atoms with E-state index in [1.54, 1.807) is 13.8 Å². The third-order valence-corrected chi connectivity index (χ3v) is 4.59. The van der Waals surface area contributed by atoms with Crippen molar-refractivity contribution in [1.29, 1.82) is 0 Å². The molecule has 1 saturated heterocycles. The highest BCUT2D eigenvalue weighted by Crippen LogP contribution is 2.34. The molecule has 1 aliphatic heterocycles. The van der Waals surface area contributed by atoms with Gasteiger partial charge in [0.15, 0.2) is 6.73 Å². The Bertz CT molecular complexity index is 883. The molecular weight excluding hydrogens is 427 g/mol. The highest BCUT2D eigenvalue weighted by molar-refractivity contribution is 6.33. The van der Waals surface area contributed by atoms with E-state index in [1.807, 2.05) is 0 Å². The summed E-state index contributed by atoms with van der Waals surface area (Å²) in [6, 6.07) is 1.02. The number of hydrogen-bond acceptors (Lipinski definition) is 5. The Morgan fingerprint density at radius 3 is 2.57 bits per heavy atom. The number of anilines is 1. The summed E-state index contributed by atoms with van der Waals surface area (Å²) in [5.74, 6) is 0.527. The Kier molecular flexibility index (Phi) is 7.21. The molecule has 1 aromatic rings. The first-order valence-electron chi connectivity index (χ1n) is 8.78. The maximum Gasteiger partial charge on any atom is 0.416 e. The minimum Gasteiger partial charge on any atom is -0.442 e. The van der Waals surface area contributed by atoms with Crippen molar-refractivity contribution in [2.75, 3.05) is 25.1 Å². The van der Waals surface area contributed by atoms with Crippen molar-refractivity contribution in [3.63, 3.8) is 0 Å². The van der Waals surface area contributed by atoms with Gasteiger partial charge in [-0.2, -0.15) is 13.2 Å². The number of nitrogens with zero attached hydrogens (tertiary/aromatic N) is 2. The number of imide groups is 1. The summed E-state index contributed by atoms with van der Waals surface area (Å²) in [6.45, 7) is 2.48. The second kappa shape index (κ2) is 9.26. The Hall–Kier alpha value is -2.93. The summed E-state index contributed by atoms with van der Waals surface area (Å²) in [6.07, 6.45) is 0.580. The zero-order valence-electron chi connectivity index (χ0n) is 16.1. The number of halogens is 4. The smallest absolute Gasteiger partial charge is 0.416 e. The topological polar surface area (TPSA) is 79.0 Å². The number of nitrogens with one attached hydrogen (secondary N) is 1. The fourth-order valence-corrected chi connectivity index (χ4v) is 2.88. The van der Waals surface area contributed by atoms with Crippen LogP contribution >= 0.6 is 11.6 Å². The summed E-state index contributed by atoms with van der Waals surface area (Å²) < 4.78 is 43.4. The van der Waals surface area contributed by atoms with Crippen molar-refractivity contribution < 1.29 is 32.3 Å². The van der Waals surface area contributed by atoms with Crippen molar-refractivity contribution in [2.24, 2.45) is 5.92 Å². The van der Waals surface area contributed by atoms with Gasteiger partial charge in [0.05, 0.1) is 22.8 Å². The summed E-state index contributed by atoms with van der Waals surface area (Å²) in [7, 11) is 0. The van der Waals surface area contributed by atoms with E-state index in [2.05, 4.69) is 11.2 Å². The summed E-state index contributed by atoms with van der Waals surface area (Å²) in [5.41, 5.74) is -0.821. The Labute approximate surface area is 176 Å². The van der Waals surface area contributed by atoms with Gasteiger partial charge in [-0.25, -0.2) is 14.5 Å². The van der Waals surface area contributed by atoms with E-state index in [0.717, 1.165) is 28.0 Å². The van der Waals surface area contributed by atoms with Gasteiger partial charge in [-0.1, -0.05) is 31.4 Å². The summed E-state index contributed by atoms with van der Waals surface area (Å²) in [4.78, 5) is 38.4. The number of carbonyl (C=O) groups excluding carboxylic acids is 3. The van der Waals surface area contributed by atoms with Crippen LogP contribution in [0.15, 0.2) is 18.2 Å². The molecule has 0 radical (unpaired) electrons. The maximum atomic E-state index is 12.8. The van der Waals surface area contributed by atoms with Crippen LogP contribution in [-0.2, 0) is 20.5 Å². The Morgan fingerprint density at radius 2 is 2.03 bits per heavy atom. The van der Waals surface area contributed by atoms with Crippen LogP contribution in [0.5, 0.6) is 0 Å². The number of benzene rings is 1. The molecule has 1 fully saturated rings. The van der Waals surface area contributed by atoms with Gasteiger partial charge in [0.2, 0.25) is 0 Å². The molecule has 30 heavy (non-hydrogen) atoms. The molecule has 0 spiro atoms. The lowest BCUT2D eigenvalue weighted by Gasteiger charge is -2.24. The van der Waals surface area contributed by atoms with Gasteiger partial charge in [0, 0.05) is 0 Å². The zero-order chi connectivity index (χ0) is 22.6. The van der Waals surface area contributed by atoms with E-state index in [-0.39, 0.29) is 29.7 Å². The van der Waals surface area contributed by atoms with Gasteiger partial charge in [0.1, 0.15) is 12.6 Å². The number of terminal acetylenes is 1. The lowest BCUT2D eigenvalue weighted by Crippen LogP contribution is -2.41. The molecule has 1 unspecified atom stereocenters. The largest absolute Gasteiger partial charge is 0.442 e. The first kappa shape index (κ1) is 23.3. The first-order valence-corrected chi connectivity index (χ1v) is 9.16. The van der Waals surface area contributed by atoms with Crippen molar-refractivity contribution in [3.8, 4) is 12.3 Å². The Balaban J connectivity index is 2.07. The molecule has 0 saturated carbocycles. The van der Waals surface area contributed by atoms with Crippen molar-refractivity contribution in [3.05, 3.63) is 28.8 Å². The zero-order valence-corrected chi connectivity index (χ0v) is 16.9. The van der Waals surface area contributed by atoms with Gasteiger partial charge in [-0.3, -0.25) is 4.79 Å². The molecule has 1 heterocycles. The third-order valence-electron chi connectivity index (χ3n) is 4.27. The number of amides is 3. The van der Waals surface area contributed by atoms with Crippen molar-refractivity contribution in [1.82, 2.24) is 9.80 Å². The average Bonchev–Trinajstić information content (AvgIpc) is 2.91. The molecular formula is C19H19ClF3N3O4. The van der Waals surface area contributed by atoms with Gasteiger partial charge in [-0.05, 0) is 24.1 Å². The molecule has 0 aliphatic carbocycles. The number of ether oxygens (including phenoxy) is 1. The molecule has 11 heteroatoms. The first-order chi connectivity index (χ1) is 14.0. The highest BCUT2D eigenvalue weighted by atomic mass is 35.5. The van der Waals surface area contributed by atoms with E-state index in [0.29, 0.717) is 0 Å². The SMILES string of the molecule is C#CCN1CC(=O)N(COC(=O)C(Nc2ccc(C(F)(F)F)cc2Cl)C(C)C)C1=O. The number of alkyl halides is 3. The molecule has 0 bridgehead atoms. The highest BCUT2D eigenvalue weighted by Gasteiger charge is 2.37. The van der Waals surface area contributed by atoms with Gasteiger partial charge < -0.3 is 15.0 Å². The quantitative estimate of drug-likeness (QED) is 0.396. The van der Waals surface area contributed by atoms with E-state index in [4.69, 9.17) is 22.8 Å². The van der Waals surface area contributed by atoms with Gasteiger partial charge >= 0.3 is 18.2 Å². The van der Waals surface area contributed by atoms with Crippen LogP contribution in [0.25, 0.3) is 0 Å². The monoisotopic (exact) mass is 445 g/mol. The van der Waals surface area contributed by atoms with Gasteiger partial charge in [-0.15, -0.1) is 6.42 Å². The molecule has 2 rings (SSSR count). The maximum absolute atomic E-state index is 12.8. The summed E-state index contributed by atoms with van der Waals surface area (Å²) >= 11 is 5.92. The molecule has 1 aliphatic rings. The fraction of sp³-hybridized carbons (Fsp3) is 0.421. The molecule has 1 N–H and O–H groups in total. The minimum absolute atomic E-state index is 0.0579. The van der Waals surface area contributed by atoms with E-state index < -0.39 is 42.4 Å². The second-order valence-corrected chi connectivity index (χ2v) is 7.22. The molecule has 0 aromatic heterocycles. The van der Waals surface area contributed by atoms with Crippen LogP contribution in [0.1, 0.15) is 19.4 Å². The standard InChI is InChI=1S/C19H19ClF3N3O4/c1-4-7-25-9-15(27)26(18(25)29)10-30-17(28)16(11(2)3)24-14-6-5-12(8-13(14)20)19(21,22)23/h1,5-6,8,11,16,24H,7,9-10H2,2-3H3. The summed E-state index contributed by atoms with van der Waals surface area (Å²) in [5, 5.41) is 2.53. The number of rotatable bonds is 7. The third kappa shape index (κ3) is 5.36. The van der Waals surface area contributed by atoms with Crippen LogP contribution < -0.4 is 5.32 Å². The minimum atomic E-state index is -4.55. The number of esters is 1. The molecule has 1 atom stereocenters. The molecule has 3 amide bonds. The van der Waals surface area contributed by atoms with E-state index >= 15 is 0 Å². The van der Waals surface area contributed by atoms with E-state index in [9.17, 15) is 27.6 Å². The number of hydrogen-bond donors (Lipinski definition) is 1. The van der Waals surface area contributed by atoms with Crippen molar-refractivity contribution >= 4 is 35.2 Å². The molecule has 7 nitrogen and oxygen atoms in total. The number of urea groups is 1. The fourth-order valence-electron chi connectivity index (χ4n) is 2.65. The second-order valence-electron chi connectivity index (χ2n) is 6.82. The van der Waals surface area contributed by atoms with E-state index in [1.165, 1.54) is 0 Å². The predicted molar refractivity (Wildman–Crippen MR) is 102 cm³/mol. The van der Waals surface area contributed by atoms with Gasteiger partial charge in [0.25, 0.3) is 5.91 Å². The van der Waals surface area contributed by atoms with Crippen LogP contribution in [0, 0.1) is 18.3 Å². The molecule has 162 valence electrons. The van der Waals surface area contributed by atoms with Crippen LogP contribution in [0.4, 0.5) is 23.7 Å². The lowest BCUT2D eigenvalue weighted by molar-refractivity contribution is -0.151. The normalized spacial score (nSPS) is 15.4. The lowest BCUT2D eigenvalue weighted by atomic mass is 10.0. The predicted octanol–water partition coefficient (Wildman–Crippen LogP) is 3.19. The Morgan fingerprint density at radius 1 is 1.37 bits per heavy atom. The van der Waals surface area contributed by atoms with Crippen LogP contribution in [-0.4, -0.2) is 53.6 Å². The molecule has 1 aromatic carbocycles.